The summed E-state index contributed by atoms with van der Waals surface area (Å²) < 4.78 is 17.1. The summed E-state index contributed by atoms with van der Waals surface area (Å²) in [6, 6.07) is 5.53. The van der Waals surface area contributed by atoms with E-state index in [4.69, 9.17) is 19.0 Å². The Balaban J connectivity index is 1.89. The molecule has 30 heavy (non-hydrogen) atoms. The van der Waals surface area contributed by atoms with E-state index in [2.05, 4.69) is 13.5 Å². The lowest BCUT2D eigenvalue weighted by Gasteiger charge is -2.38. The quantitative estimate of drug-likeness (QED) is 0.479. The van der Waals surface area contributed by atoms with E-state index in [0.717, 1.165) is 10.6 Å². The third-order valence-electron chi connectivity index (χ3n) is 6.02. The summed E-state index contributed by atoms with van der Waals surface area (Å²) >= 11 is 0. The van der Waals surface area contributed by atoms with Gasteiger partial charge in [0.25, 0.3) is 5.91 Å². The predicted molar refractivity (Wildman–Crippen MR) is 111 cm³/mol. The van der Waals surface area contributed by atoms with Crippen molar-refractivity contribution >= 4 is 11.7 Å². The molecule has 0 spiro atoms. The first-order valence-electron chi connectivity index (χ1n) is 9.99. The van der Waals surface area contributed by atoms with Gasteiger partial charge in [0.1, 0.15) is 17.1 Å². The van der Waals surface area contributed by atoms with Crippen LogP contribution in [0.25, 0.3) is 0 Å². The smallest absolute Gasteiger partial charge is 0.280 e. The highest BCUT2D eigenvalue weighted by Crippen LogP contribution is 2.46. The number of fused-ring (bicyclic) bond motifs is 1. The monoisotopic (exact) mass is 415 g/mol. The van der Waals surface area contributed by atoms with Crippen LogP contribution in [0.5, 0.6) is 5.75 Å². The molecule has 0 bridgehead atoms. The second-order valence-corrected chi connectivity index (χ2v) is 7.76. The van der Waals surface area contributed by atoms with Gasteiger partial charge < -0.3 is 14.2 Å². The topological polar surface area (TPSA) is 74.3 Å². The summed E-state index contributed by atoms with van der Waals surface area (Å²) in [5.41, 5.74) is 0.721. The minimum Gasteiger partial charge on any atom is -0.496 e. The molecule has 7 nitrogen and oxygen atoms in total. The van der Waals surface area contributed by atoms with Crippen molar-refractivity contribution in [3.63, 3.8) is 0 Å². The third kappa shape index (κ3) is 4.00. The summed E-state index contributed by atoms with van der Waals surface area (Å²) in [5, 5.41) is 1.16. The lowest BCUT2D eigenvalue weighted by Crippen LogP contribution is -2.44. The van der Waals surface area contributed by atoms with E-state index in [9.17, 15) is 9.59 Å². The summed E-state index contributed by atoms with van der Waals surface area (Å²) in [4.78, 5) is 30.1. The number of ketones is 1. The number of hydrogen-bond donors (Lipinski definition) is 0. The normalized spacial score (nSPS) is 23.8. The van der Waals surface area contributed by atoms with Crippen LogP contribution in [-0.2, 0) is 25.5 Å². The SMILES string of the molecule is C=CC[C@H]1C[C@]2([C@@H](C)Cc3ccc(OC)c(C(=O)N(C)OC)c3)OCOC2=CC1=O. The van der Waals surface area contributed by atoms with E-state index >= 15 is 0 Å². The molecule has 0 radical (unpaired) electrons. The van der Waals surface area contributed by atoms with E-state index in [-0.39, 0.29) is 30.3 Å². The molecule has 0 N–H and O–H groups in total. The molecule has 1 saturated heterocycles. The maximum Gasteiger partial charge on any atom is 0.280 e. The molecule has 0 aromatic heterocycles. The molecule has 1 aliphatic heterocycles. The molecule has 0 saturated carbocycles. The lowest BCUT2D eigenvalue weighted by molar-refractivity contribution is -0.123. The van der Waals surface area contributed by atoms with Gasteiger partial charge in [-0.15, -0.1) is 6.58 Å². The highest BCUT2D eigenvalue weighted by molar-refractivity contribution is 5.96. The minimum atomic E-state index is -0.658. The van der Waals surface area contributed by atoms with Crippen LogP contribution in [0.2, 0.25) is 0 Å². The van der Waals surface area contributed by atoms with Crippen molar-refractivity contribution in [3.8, 4) is 5.75 Å². The van der Waals surface area contributed by atoms with Gasteiger partial charge in [-0.2, -0.15) is 0 Å². The molecule has 0 unspecified atom stereocenters. The molecule has 1 aromatic carbocycles. The van der Waals surface area contributed by atoms with E-state index < -0.39 is 5.60 Å². The van der Waals surface area contributed by atoms with Crippen LogP contribution < -0.4 is 4.74 Å². The average Bonchev–Trinajstić information content (AvgIpc) is 3.16. The van der Waals surface area contributed by atoms with Gasteiger partial charge in [0.05, 0.1) is 19.8 Å². The number of benzene rings is 1. The highest BCUT2D eigenvalue weighted by Gasteiger charge is 2.51. The van der Waals surface area contributed by atoms with Crippen LogP contribution in [0.3, 0.4) is 0 Å². The molecule has 1 heterocycles. The Kier molecular flexibility index (Phi) is 6.63. The van der Waals surface area contributed by atoms with Crippen molar-refractivity contribution in [2.75, 3.05) is 28.1 Å². The molecular formula is C23H29NO6. The summed E-state index contributed by atoms with van der Waals surface area (Å²) in [6.45, 7) is 5.98. The second-order valence-electron chi connectivity index (χ2n) is 7.76. The van der Waals surface area contributed by atoms with Crippen LogP contribution in [0.1, 0.15) is 35.7 Å². The maximum absolute atomic E-state index is 12.6. The fourth-order valence-electron chi connectivity index (χ4n) is 4.24. The summed E-state index contributed by atoms with van der Waals surface area (Å²) in [6.07, 6.45) is 5.14. The number of allylic oxidation sites excluding steroid dienone is 2. The Bertz CT molecular complexity index is 863. The average molecular weight is 415 g/mol. The van der Waals surface area contributed by atoms with Gasteiger partial charge in [0, 0.05) is 19.0 Å². The molecule has 2 aliphatic rings. The third-order valence-corrected chi connectivity index (χ3v) is 6.02. The number of hydroxylamine groups is 2. The highest BCUT2D eigenvalue weighted by atomic mass is 16.7. The first-order valence-corrected chi connectivity index (χ1v) is 9.99. The van der Waals surface area contributed by atoms with Crippen molar-refractivity contribution in [2.24, 2.45) is 11.8 Å². The van der Waals surface area contributed by atoms with Crippen molar-refractivity contribution in [2.45, 2.75) is 31.8 Å². The number of ether oxygens (including phenoxy) is 3. The minimum absolute atomic E-state index is 0.0168. The predicted octanol–water partition coefficient (Wildman–Crippen LogP) is 3.30. The number of hydrogen-bond acceptors (Lipinski definition) is 6. The molecule has 1 amide bonds. The molecular weight excluding hydrogens is 386 g/mol. The number of rotatable bonds is 8. The van der Waals surface area contributed by atoms with Crippen molar-refractivity contribution < 1.29 is 28.6 Å². The Labute approximate surface area is 177 Å². The zero-order valence-electron chi connectivity index (χ0n) is 18.0. The lowest BCUT2D eigenvalue weighted by atomic mass is 9.71. The zero-order valence-corrected chi connectivity index (χ0v) is 18.0. The molecule has 162 valence electrons. The maximum atomic E-state index is 12.6. The van der Waals surface area contributed by atoms with Crippen LogP contribution >= 0.6 is 0 Å². The van der Waals surface area contributed by atoms with Crippen molar-refractivity contribution in [1.29, 1.82) is 0 Å². The first-order chi connectivity index (χ1) is 14.4. The van der Waals surface area contributed by atoms with Gasteiger partial charge in [-0.05, 0) is 42.9 Å². The Morgan fingerprint density at radius 1 is 1.43 bits per heavy atom. The van der Waals surface area contributed by atoms with Gasteiger partial charge in [0.15, 0.2) is 12.6 Å². The van der Waals surface area contributed by atoms with Crippen molar-refractivity contribution in [1.82, 2.24) is 5.06 Å². The largest absolute Gasteiger partial charge is 0.496 e. The van der Waals surface area contributed by atoms with Gasteiger partial charge in [-0.1, -0.05) is 19.1 Å². The number of amides is 1. The standard InChI is InChI=1S/C23H29NO6/c1-6-7-17-13-23(21(12-19(17)25)29-14-30-23)15(2)10-16-8-9-20(27-4)18(11-16)22(26)24(3)28-5/h6,8-9,11-12,15,17H,1,7,10,13-14H2,2-5H3/t15-,17-,23+/m0/s1. The molecule has 3 atom stereocenters. The first kappa shape index (κ1) is 22.1. The fraction of sp³-hybridized carbons (Fsp3) is 0.478. The molecule has 7 heteroatoms. The number of methoxy groups -OCH3 is 1. The van der Waals surface area contributed by atoms with Crippen LogP contribution in [0, 0.1) is 11.8 Å². The molecule has 1 fully saturated rings. The van der Waals surface area contributed by atoms with Gasteiger partial charge in [-0.3, -0.25) is 14.4 Å². The Morgan fingerprint density at radius 3 is 2.87 bits per heavy atom. The van der Waals surface area contributed by atoms with Gasteiger partial charge >= 0.3 is 0 Å². The van der Waals surface area contributed by atoms with E-state index in [1.807, 2.05) is 12.1 Å². The van der Waals surface area contributed by atoms with Gasteiger partial charge in [-0.25, -0.2) is 5.06 Å². The van der Waals surface area contributed by atoms with E-state index in [1.165, 1.54) is 14.2 Å². The van der Waals surface area contributed by atoms with E-state index in [0.29, 0.717) is 36.3 Å². The second kappa shape index (κ2) is 9.02. The molecule has 3 rings (SSSR count). The van der Waals surface area contributed by atoms with Crippen LogP contribution in [0.15, 0.2) is 42.7 Å². The number of carbonyl (C=O) groups is 2. The molecule has 1 aliphatic carbocycles. The zero-order chi connectivity index (χ0) is 21.9. The van der Waals surface area contributed by atoms with Gasteiger partial charge in [0.2, 0.25) is 0 Å². The number of carbonyl (C=O) groups excluding carboxylic acids is 2. The summed E-state index contributed by atoms with van der Waals surface area (Å²) in [7, 11) is 4.51. The summed E-state index contributed by atoms with van der Waals surface area (Å²) in [5.74, 6) is 0.690. The molecule has 1 aromatic rings. The van der Waals surface area contributed by atoms with E-state index in [1.54, 1.807) is 25.3 Å². The fourth-order valence-corrected chi connectivity index (χ4v) is 4.24. The Morgan fingerprint density at radius 2 is 2.20 bits per heavy atom. The Hall–Kier alpha value is -2.64. The van der Waals surface area contributed by atoms with Crippen molar-refractivity contribution in [3.05, 3.63) is 53.8 Å². The van der Waals surface area contributed by atoms with Crippen LogP contribution in [0.4, 0.5) is 0 Å². The van der Waals surface area contributed by atoms with Crippen LogP contribution in [-0.4, -0.2) is 50.4 Å². The number of nitrogens with zero attached hydrogens (tertiary/aromatic N) is 1.